The van der Waals surface area contributed by atoms with Gasteiger partial charge < -0.3 is 5.32 Å². The van der Waals surface area contributed by atoms with Gasteiger partial charge in [0.25, 0.3) is 0 Å². The van der Waals surface area contributed by atoms with E-state index in [1.165, 1.54) is 26.2 Å². The first-order valence-corrected chi connectivity index (χ1v) is 6.69. The van der Waals surface area contributed by atoms with Crippen molar-refractivity contribution in [1.29, 1.82) is 0 Å². The maximum atomic E-state index is 11.5. The number of carbonyl (C=O) groups is 2. The summed E-state index contributed by atoms with van der Waals surface area (Å²) in [6.07, 6.45) is 6.06. The van der Waals surface area contributed by atoms with Crippen molar-refractivity contribution >= 4 is 23.5 Å². The fourth-order valence-corrected chi connectivity index (χ4v) is 2.26. The van der Waals surface area contributed by atoms with Crippen LogP contribution in [0.4, 0.5) is 4.79 Å². The summed E-state index contributed by atoms with van der Waals surface area (Å²) in [5, 5.41) is 4.35. The minimum atomic E-state index is -0.689. The molecule has 0 aliphatic heterocycles. The van der Waals surface area contributed by atoms with Crippen LogP contribution >= 0.6 is 11.6 Å². The summed E-state index contributed by atoms with van der Waals surface area (Å²) < 4.78 is 0. The Hall–Kier alpha value is -0.770. The Balaban J connectivity index is 2.32. The van der Waals surface area contributed by atoms with E-state index in [4.69, 9.17) is 11.6 Å². The van der Waals surface area contributed by atoms with Crippen molar-refractivity contribution in [2.24, 2.45) is 5.92 Å². The molecule has 0 heterocycles. The second-order valence-corrected chi connectivity index (χ2v) is 5.42. The quantitative estimate of drug-likeness (QED) is 0.766. The summed E-state index contributed by atoms with van der Waals surface area (Å²) in [6.45, 7) is 3.53. The van der Waals surface area contributed by atoms with E-state index in [9.17, 15) is 9.59 Å². The summed E-state index contributed by atoms with van der Waals surface area (Å²) in [4.78, 5) is 22.7. The molecule has 0 spiro atoms. The normalized spacial score (nSPS) is 20.4. The number of hydrogen-bond donors (Lipinski definition) is 2. The van der Waals surface area contributed by atoms with E-state index in [1.807, 2.05) is 6.92 Å². The zero-order valence-corrected chi connectivity index (χ0v) is 11.2. The second-order valence-electron chi connectivity index (χ2n) is 4.77. The zero-order valence-electron chi connectivity index (χ0n) is 10.5. The standard InChI is InChI=1S/C12H21ClN2O2/c1-8(13)11(16)15-12(17)14-9(2)10-6-4-3-5-7-10/h8-10H,3-7H2,1-2H3,(H2,14,15,16,17). The lowest BCUT2D eigenvalue weighted by Gasteiger charge is -2.28. The number of nitrogens with one attached hydrogen (secondary N) is 2. The van der Waals surface area contributed by atoms with Gasteiger partial charge in [-0.05, 0) is 32.6 Å². The molecule has 5 heteroatoms. The fraction of sp³-hybridized carbons (Fsp3) is 0.833. The van der Waals surface area contributed by atoms with Gasteiger partial charge in [0.15, 0.2) is 0 Å². The van der Waals surface area contributed by atoms with Gasteiger partial charge >= 0.3 is 6.03 Å². The maximum absolute atomic E-state index is 11.5. The molecule has 0 aromatic rings. The number of carbonyl (C=O) groups excluding carboxylic acids is 2. The highest BCUT2D eigenvalue weighted by Crippen LogP contribution is 2.26. The molecule has 1 rings (SSSR count). The molecular formula is C12H21ClN2O2. The van der Waals surface area contributed by atoms with E-state index >= 15 is 0 Å². The highest BCUT2D eigenvalue weighted by Gasteiger charge is 2.22. The molecule has 1 aliphatic carbocycles. The van der Waals surface area contributed by atoms with Crippen LogP contribution in [0.15, 0.2) is 0 Å². The predicted molar refractivity (Wildman–Crippen MR) is 68.0 cm³/mol. The van der Waals surface area contributed by atoms with Crippen molar-refractivity contribution < 1.29 is 9.59 Å². The van der Waals surface area contributed by atoms with Gasteiger partial charge in [-0.2, -0.15) is 0 Å². The molecule has 2 unspecified atom stereocenters. The average molecular weight is 261 g/mol. The number of amides is 3. The van der Waals surface area contributed by atoms with Crippen LogP contribution in [-0.4, -0.2) is 23.4 Å². The highest BCUT2D eigenvalue weighted by atomic mass is 35.5. The van der Waals surface area contributed by atoms with Crippen LogP contribution < -0.4 is 10.6 Å². The van der Waals surface area contributed by atoms with Crippen LogP contribution in [-0.2, 0) is 4.79 Å². The Bertz CT molecular complexity index is 276. The van der Waals surface area contributed by atoms with Crippen molar-refractivity contribution in [1.82, 2.24) is 10.6 Å². The molecule has 0 aromatic heterocycles. The van der Waals surface area contributed by atoms with Crippen LogP contribution in [0.3, 0.4) is 0 Å². The monoisotopic (exact) mass is 260 g/mol. The van der Waals surface area contributed by atoms with Crippen molar-refractivity contribution in [2.45, 2.75) is 57.4 Å². The number of halogens is 1. The van der Waals surface area contributed by atoms with Crippen molar-refractivity contribution in [3.8, 4) is 0 Å². The van der Waals surface area contributed by atoms with Crippen LogP contribution in [0.25, 0.3) is 0 Å². The molecule has 4 nitrogen and oxygen atoms in total. The minimum Gasteiger partial charge on any atom is -0.335 e. The van der Waals surface area contributed by atoms with E-state index in [0.717, 1.165) is 12.8 Å². The topological polar surface area (TPSA) is 58.2 Å². The van der Waals surface area contributed by atoms with Crippen LogP contribution in [0.1, 0.15) is 46.0 Å². The van der Waals surface area contributed by atoms with Gasteiger partial charge in [-0.3, -0.25) is 10.1 Å². The first kappa shape index (κ1) is 14.3. The second kappa shape index (κ2) is 6.84. The molecule has 0 aromatic carbocycles. The van der Waals surface area contributed by atoms with E-state index in [2.05, 4.69) is 10.6 Å². The molecule has 0 saturated heterocycles. The lowest BCUT2D eigenvalue weighted by atomic mass is 9.85. The maximum Gasteiger partial charge on any atom is 0.321 e. The molecule has 0 radical (unpaired) electrons. The third-order valence-corrected chi connectivity index (χ3v) is 3.51. The summed E-state index contributed by atoms with van der Waals surface area (Å²) in [6, 6.07) is -0.339. The molecule has 2 N–H and O–H groups in total. The van der Waals surface area contributed by atoms with Crippen LogP contribution in [0.2, 0.25) is 0 Å². The Morgan fingerprint density at radius 2 is 1.76 bits per heavy atom. The van der Waals surface area contributed by atoms with E-state index in [-0.39, 0.29) is 6.04 Å². The summed E-state index contributed by atoms with van der Waals surface area (Å²) >= 11 is 5.57. The van der Waals surface area contributed by atoms with E-state index in [0.29, 0.717) is 5.92 Å². The first-order valence-electron chi connectivity index (χ1n) is 6.26. The smallest absolute Gasteiger partial charge is 0.321 e. The molecule has 1 fully saturated rings. The molecule has 3 amide bonds. The summed E-state index contributed by atoms with van der Waals surface area (Å²) in [5.74, 6) is 0.0676. The minimum absolute atomic E-state index is 0.105. The molecule has 17 heavy (non-hydrogen) atoms. The summed E-state index contributed by atoms with van der Waals surface area (Å²) in [5.41, 5.74) is 0. The van der Waals surface area contributed by atoms with Gasteiger partial charge in [-0.15, -0.1) is 11.6 Å². The summed E-state index contributed by atoms with van der Waals surface area (Å²) in [7, 11) is 0. The number of alkyl halides is 1. The zero-order chi connectivity index (χ0) is 12.8. The van der Waals surface area contributed by atoms with Gasteiger partial charge in [0, 0.05) is 6.04 Å². The Morgan fingerprint density at radius 3 is 2.29 bits per heavy atom. The van der Waals surface area contributed by atoms with Gasteiger partial charge in [-0.25, -0.2) is 4.79 Å². The van der Waals surface area contributed by atoms with E-state index < -0.39 is 17.3 Å². The molecule has 1 aliphatic rings. The predicted octanol–water partition coefficient (Wildman–Crippen LogP) is 2.41. The molecule has 1 saturated carbocycles. The van der Waals surface area contributed by atoms with Gasteiger partial charge in [0.05, 0.1) is 0 Å². The molecular weight excluding hydrogens is 240 g/mol. The number of urea groups is 1. The van der Waals surface area contributed by atoms with Crippen LogP contribution in [0, 0.1) is 5.92 Å². The SMILES string of the molecule is CC(Cl)C(=O)NC(=O)NC(C)C1CCCCC1. The van der Waals surface area contributed by atoms with Gasteiger partial charge in [-0.1, -0.05) is 19.3 Å². The Kier molecular flexibility index (Phi) is 5.75. The number of rotatable bonds is 3. The Labute approximate surface area is 107 Å². The highest BCUT2D eigenvalue weighted by molar-refractivity contribution is 6.31. The third-order valence-electron chi connectivity index (χ3n) is 3.31. The molecule has 98 valence electrons. The lowest BCUT2D eigenvalue weighted by molar-refractivity contribution is -0.119. The molecule has 0 bridgehead atoms. The van der Waals surface area contributed by atoms with Gasteiger partial charge in [0.1, 0.15) is 5.38 Å². The molecule has 2 atom stereocenters. The lowest BCUT2D eigenvalue weighted by Crippen LogP contribution is -2.47. The third kappa shape index (κ3) is 4.94. The largest absolute Gasteiger partial charge is 0.335 e. The Morgan fingerprint density at radius 1 is 1.18 bits per heavy atom. The van der Waals surface area contributed by atoms with Crippen LogP contribution in [0.5, 0.6) is 0 Å². The van der Waals surface area contributed by atoms with Crippen molar-refractivity contribution in [3.05, 3.63) is 0 Å². The van der Waals surface area contributed by atoms with Crippen molar-refractivity contribution in [3.63, 3.8) is 0 Å². The van der Waals surface area contributed by atoms with Crippen molar-refractivity contribution in [2.75, 3.05) is 0 Å². The van der Waals surface area contributed by atoms with E-state index in [1.54, 1.807) is 0 Å². The first-order chi connectivity index (χ1) is 8.00. The fourth-order valence-electron chi connectivity index (χ4n) is 2.21. The van der Waals surface area contributed by atoms with Gasteiger partial charge in [0.2, 0.25) is 5.91 Å². The average Bonchev–Trinajstić information content (AvgIpc) is 2.29. The number of hydrogen-bond acceptors (Lipinski definition) is 2. The number of imide groups is 1.